The van der Waals surface area contributed by atoms with E-state index in [0.717, 1.165) is 11.3 Å². The van der Waals surface area contributed by atoms with E-state index in [4.69, 9.17) is 4.74 Å². The molecule has 23 heavy (non-hydrogen) atoms. The predicted molar refractivity (Wildman–Crippen MR) is 87.0 cm³/mol. The van der Waals surface area contributed by atoms with Crippen molar-refractivity contribution in [1.82, 2.24) is 14.8 Å². The Balaban J connectivity index is 1.78. The van der Waals surface area contributed by atoms with E-state index < -0.39 is 0 Å². The summed E-state index contributed by atoms with van der Waals surface area (Å²) in [5.74, 6) is 0.403. The molecule has 6 nitrogen and oxygen atoms in total. The second-order valence-electron chi connectivity index (χ2n) is 5.04. The number of nitrogens with one attached hydrogen (secondary N) is 1. The molecule has 3 aromatic rings. The van der Waals surface area contributed by atoms with Gasteiger partial charge in [-0.05, 0) is 36.8 Å². The highest BCUT2D eigenvalue weighted by Crippen LogP contribution is 2.17. The van der Waals surface area contributed by atoms with Crippen molar-refractivity contribution < 1.29 is 9.53 Å². The zero-order chi connectivity index (χ0) is 16.2. The number of aromatic nitrogens is 3. The molecule has 0 aliphatic carbocycles. The summed E-state index contributed by atoms with van der Waals surface area (Å²) < 4.78 is 6.71. The third-order valence-electron chi connectivity index (χ3n) is 3.29. The summed E-state index contributed by atoms with van der Waals surface area (Å²) in [6.45, 7) is 2.00. The van der Waals surface area contributed by atoms with Crippen LogP contribution in [0.4, 0.5) is 5.69 Å². The predicted octanol–water partition coefficient (Wildman–Crippen LogP) is 2.84. The lowest BCUT2D eigenvalue weighted by atomic mass is 10.2. The molecule has 0 saturated heterocycles. The van der Waals surface area contributed by atoms with Crippen LogP contribution in [0.15, 0.2) is 54.9 Å². The van der Waals surface area contributed by atoms with Gasteiger partial charge in [-0.2, -0.15) is 0 Å². The Morgan fingerprint density at radius 3 is 2.78 bits per heavy atom. The molecule has 0 radical (unpaired) electrons. The van der Waals surface area contributed by atoms with Crippen molar-refractivity contribution in [2.75, 3.05) is 12.4 Å². The van der Waals surface area contributed by atoms with Gasteiger partial charge in [0.2, 0.25) is 5.82 Å². The van der Waals surface area contributed by atoms with Crippen molar-refractivity contribution in [3.8, 4) is 11.4 Å². The lowest BCUT2D eigenvalue weighted by molar-refractivity contribution is 0.101. The highest BCUT2D eigenvalue weighted by molar-refractivity contribution is 6.01. The smallest absolute Gasteiger partial charge is 0.295 e. The minimum Gasteiger partial charge on any atom is -0.497 e. The van der Waals surface area contributed by atoms with Gasteiger partial charge in [-0.25, -0.2) is 9.67 Å². The third kappa shape index (κ3) is 3.37. The number of nitrogens with zero attached hydrogens (tertiary/aromatic N) is 3. The molecule has 0 atom stereocenters. The monoisotopic (exact) mass is 308 g/mol. The van der Waals surface area contributed by atoms with Gasteiger partial charge in [-0.1, -0.05) is 18.2 Å². The molecule has 6 heteroatoms. The van der Waals surface area contributed by atoms with E-state index in [0.29, 0.717) is 11.4 Å². The van der Waals surface area contributed by atoms with Crippen molar-refractivity contribution in [3.05, 3.63) is 66.2 Å². The molecular formula is C17H16N4O2. The van der Waals surface area contributed by atoms with E-state index in [1.807, 2.05) is 31.2 Å². The van der Waals surface area contributed by atoms with Crippen LogP contribution in [0.2, 0.25) is 0 Å². The fraction of sp³-hybridized carbons (Fsp3) is 0.118. The Kier molecular flexibility index (Phi) is 4.05. The third-order valence-corrected chi connectivity index (χ3v) is 3.29. The second kappa shape index (κ2) is 6.31. The maximum Gasteiger partial charge on any atom is 0.295 e. The molecule has 1 N–H and O–H groups in total. The van der Waals surface area contributed by atoms with Crippen LogP contribution in [0.3, 0.4) is 0 Å². The molecule has 3 rings (SSSR count). The summed E-state index contributed by atoms with van der Waals surface area (Å²) in [6.07, 6.45) is 1.52. The summed E-state index contributed by atoms with van der Waals surface area (Å²) in [7, 11) is 1.58. The van der Waals surface area contributed by atoms with Gasteiger partial charge < -0.3 is 10.1 Å². The van der Waals surface area contributed by atoms with Gasteiger partial charge >= 0.3 is 0 Å². The average Bonchev–Trinajstić information content (AvgIpc) is 3.05. The number of methoxy groups -OCH3 is 1. The quantitative estimate of drug-likeness (QED) is 0.804. The molecule has 1 amide bonds. The highest BCUT2D eigenvalue weighted by atomic mass is 16.5. The molecule has 0 aliphatic heterocycles. The van der Waals surface area contributed by atoms with Crippen molar-refractivity contribution in [2.45, 2.75) is 6.92 Å². The standard InChI is InChI=1S/C17H16N4O2/c1-12-5-3-7-14(9-12)21-11-18-16(20-21)17(22)19-13-6-4-8-15(10-13)23-2/h3-11H,1-2H3,(H,19,22). The van der Waals surface area contributed by atoms with Gasteiger partial charge in [0, 0.05) is 11.8 Å². The summed E-state index contributed by atoms with van der Waals surface area (Å²) in [5.41, 5.74) is 2.60. The van der Waals surface area contributed by atoms with E-state index in [9.17, 15) is 4.79 Å². The van der Waals surface area contributed by atoms with Crippen LogP contribution < -0.4 is 10.1 Å². The lowest BCUT2D eigenvalue weighted by Gasteiger charge is -2.05. The Morgan fingerprint density at radius 1 is 1.17 bits per heavy atom. The number of hydrogen-bond acceptors (Lipinski definition) is 4. The fourth-order valence-electron chi connectivity index (χ4n) is 2.15. The lowest BCUT2D eigenvalue weighted by Crippen LogP contribution is -2.14. The Labute approximate surface area is 133 Å². The van der Waals surface area contributed by atoms with Crippen LogP contribution in [0, 0.1) is 6.92 Å². The largest absolute Gasteiger partial charge is 0.497 e. The van der Waals surface area contributed by atoms with E-state index in [-0.39, 0.29) is 11.7 Å². The number of anilines is 1. The van der Waals surface area contributed by atoms with Crippen LogP contribution in [-0.2, 0) is 0 Å². The van der Waals surface area contributed by atoms with Crippen LogP contribution in [0.5, 0.6) is 5.75 Å². The first-order chi connectivity index (χ1) is 11.2. The van der Waals surface area contributed by atoms with Gasteiger partial charge in [0.25, 0.3) is 5.91 Å². The fourth-order valence-corrected chi connectivity index (χ4v) is 2.15. The molecule has 0 fully saturated rings. The van der Waals surface area contributed by atoms with Gasteiger partial charge in [0.1, 0.15) is 12.1 Å². The maximum absolute atomic E-state index is 12.2. The zero-order valence-electron chi connectivity index (χ0n) is 12.9. The number of benzene rings is 2. The average molecular weight is 308 g/mol. The van der Waals surface area contributed by atoms with Crippen molar-refractivity contribution >= 4 is 11.6 Å². The van der Waals surface area contributed by atoms with Gasteiger partial charge in [-0.3, -0.25) is 4.79 Å². The Bertz CT molecular complexity index is 842. The van der Waals surface area contributed by atoms with Crippen LogP contribution in [0.1, 0.15) is 16.2 Å². The highest BCUT2D eigenvalue weighted by Gasteiger charge is 2.12. The topological polar surface area (TPSA) is 69.0 Å². The summed E-state index contributed by atoms with van der Waals surface area (Å²) >= 11 is 0. The molecule has 0 aliphatic rings. The van der Waals surface area contributed by atoms with Crippen LogP contribution in [-0.4, -0.2) is 27.8 Å². The minimum atomic E-state index is -0.371. The zero-order valence-corrected chi connectivity index (χ0v) is 12.9. The first-order valence-electron chi connectivity index (χ1n) is 7.10. The number of carbonyl (C=O) groups is 1. The number of aryl methyl sites for hydroxylation is 1. The molecular weight excluding hydrogens is 292 g/mol. The van der Waals surface area contributed by atoms with Crippen molar-refractivity contribution in [2.24, 2.45) is 0 Å². The van der Waals surface area contributed by atoms with Gasteiger partial charge in [0.15, 0.2) is 0 Å². The first-order valence-corrected chi connectivity index (χ1v) is 7.10. The second-order valence-corrected chi connectivity index (χ2v) is 5.04. The number of rotatable bonds is 4. The molecule has 1 aromatic heterocycles. The van der Waals surface area contributed by atoms with Crippen LogP contribution in [0.25, 0.3) is 5.69 Å². The van der Waals surface area contributed by atoms with E-state index in [1.54, 1.807) is 36.1 Å². The van der Waals surface area contributed by atoms with Crippen molar-refractivity contribution in [1.29, 1.82) is 0 Å². The van der Waals surface area contributed by atoms with Crippen LogP contribution >= 0.6 is 0 Å². The summed E-state index contributed by atoms with van der Waals surface area (Å²) in [6, 6.07) is 14.9. The van der Waals surface area contributed by atoms with E-state index in [1.165, 1.54) is 6.33 Å². The molecule has 116 valence electrons. The molecule has 0 saturated carbocycles. The number of carbonyl (C=O) groups excluding carboxylic acids is 1. The first kappa shape index (κ1) is 14.8. The molecule has 2 aromatic carbocycles. The van der Waals surface area contributed by atoms with Gasteiger partial charge in [-0.15, -0.1) is 5.10 Å². The Hall–Kier alpha value is -3.15. The number of hydrogen-bond donors (Lipinski definition) is 1. The summed E-state index contributed by atoms with van der Waals surface area (Å²) in [4.78, 5) is 16.3. The minimum absolute atomic E-state index is 0.106. The van der Waals surface area contributed by atoms with E-state index in [2.05, 4.69) is 15.4 Å². The molecule has 1 heterocycles. The SMILES string of the molecule is COc1cccc(NC(=O)c2ncn(-c3cccc(C)c3)n2)c1. The normalized spacial score (nSPS) is 10.3. The molecule has 0 bridgehead atoms. The molecule has 0 unspecified atom stereocenters. The molecule has 0 spiro atoms. The summed E-state index contributed by atoms with van der Waals surface area (Å²) in [5, 5.41) is 6.97. The Morgan fingerprint density at radius 2 is 2.00 bits per heavy atom. The maximum atomic E-state index is 12.2. The number of amides is 1. The van der Waals surface area contributed by atoms with E-state index >= 15 is 0 Å². The van der Waals surface area contributed by atoms with Crippen molar-refractivity contribution in [3.63, 3.8) is 0 Å². The van der Waals surface area contributed by atoms with Gasteiger partial charge in [0.05, 0.1) is 12.8 Å². The number of ether oxygens (including phenoxy) is 1.